The molecule has 4 rings (SSSR count). The predicted molar refractivity (Wildman–Crippen MR) is 126 cm³/mol. The van der Waals surface area contributed by atoms with Crippen molar-refractivity contribution in [2.45, 2.75) is 38.5 Å². The average Bonchev–Trinajstić information content (AvgIpc) is 2.74. The largest absolute Gasteiger partial charge is 0.465 e. The van der Waals surface area contributed by atoms with Gasteiger partial charge in [0.2, 0.25) is 0 Å². The van der Waals surface area contributed by atoms with E-state index in [1.54, 1.807) is 6.92 Å². The van der Waals surface area contributed by atoms with Crippen LogP contribution in [0.15, 0.2) is 70.9 Å². The van der Waals surface area contributed by atoms with Crippen molar-refractivity contribution in [3.05, 3.63) is 80.6 Å². The zero-order valence-electron chi connectivity index (χ0n) is 17.1. The van der Waals surface area contributed by atoms with Crippen LogP contribution in [-0.2, 0) is 14.3 Å². The van der Waals surface area contributed by atoms with Crippen LogP contribution < -0.4 is 0 Å². The molecule has 1 aliphatic carbocycles. The number of rotatable bonds is 4. The van der Waals surface area contributed by atoms with Gasteiger partial charge in [-0.05, 0) is 66.0 Å². The van der Waals surface area contributed by atoms with Crippen LogP contribution >= 0.6 is 22.6 Å². The van der Waals surface area contributed by atoms with Gasteiger partial charge in [0, 0.05) is 32.9 Å². The average molecular weight is 513 g/mol. The van der Waals surface area contributed by atoms with Gasteiger partial charge in [0.1, 0.15) is 5.92 Å². The van der Waals surface area contributed by atoms with Crippen molar-refractivity contribution in [2.24, 2.45) is 10.9 Å². The van der Waals surface area contributed by atoms with Crippen molar-refractivity contribution in [2.75, 3.05) is 6.61 Å². The maximum absolute atomic E-state index is 13.5. The second-order valence-corrected chi connectivity index (χ2v) is 8.94. The number of ketones is 1. The molecule has 3 atom stereocenters. The maximum atomic E-state index is 13.5. The summed E-state index contributed by atoms with van der Waals surface area (Å²) in [6.07, 6.45) is 1.14. The Bertz CT molecular complexity index is 1040. The molecule has 0 saturated heterocycles. The summed E-state index contributed by atoms with van der Waals surface area (Å²) in [7, 11) is 0. The number of allylic oxidation sites excluding steroid dienone is 2. The summed E-state index contributed by atoms with van der Waals surface area (Å²) in [6.45, 7) is 3.98. The van der Waals surface area contributed by atoms with E-state index in [2.05, 4.69) is 34.7 Å². The molecule has 1 aliphatic heterocycles. The highest BCUT2D eigenvalue weighted by molar-refractivity contribution is 14.1. The smallest absolute Gasteiger partial charge is 0.315 e. The fourth-order valence-corrected chi connectivity index (χ4v) is 5.34. The van der Waals surface area contributed by atoms with E-state index in [-0.39, 0.29) is 23.6 Å². The van der Waals surface area contributed by atoms with Crippen LogP contribution in [0.5, 0.6) is 0 Å². The Morgan fingerprint density at radius 2 is 1.80 bits per heavy atom. The van der Waals surface area contributed by atoms with Crippen molar-refractivity contribution in [3.63, 3.8) is 0 Å². The Labute approximate surface area is 190 Å². The monoisotopic (exact) mass is 513 g/mol. The molecule has 0 aromatic heterocycles. The molecule has 0 N–H and O–H groups in total. The van der Waals surface area contributed by atoms with Gasteiger partial charge < -0.3 is 4.74 Å². The molecule has 2 aromatic rings. The van der Waals surface area contributed by atoms with Gasteiger partial charge >= 0.3 is 5.97 Å². The SMILES string of the molecule is CCOC(=O)C1C(C)=NC2=C(C(=O)C[C@H](c3ccccc3)C2)[C@H]1c1ccccc1I. The van der Waals surface area contributed by atoms with Gasteiger partial charge in [0.15, 0.2) is 5.78 Å². The molecule has 0 amide bonds. The number of benzene rings is 2. The fraction of sp³-hybridized carbons (Fsp3) is 0.320. The molecule has 0 bridgehead atoms. The Hall–Kier alpha value is -2.28. The van der Waals surface area contributed by atoms with Crippen molar-refractivity contribution in [1.29, 1.82) is 0 Å². The zero-order chi connectivity index (χ0) is 21.3. The van der Waals surface area contributed by atoms with Crippen LogP contribution in [0.4, 0.5) is 0 Å². The van der Waals surface area contributed by atoms with Gasteiger partial charge in [0.05, 0.1) is 6.61 Å². The van der Waals surface area contributed by atoms with Gasteiger partial charge in [-0.25, -0.2) is 0 Å². The minimum Gasteiger partial charge on any atom is -0.465 e. The topological polar surface area (TPSA) is 55.7 Å². The van der Waals surface area contributed by atoms with Crippen molar-refractivity contribution in [1.82, 2.24) is 0 Å². The van der Waals surface area contributed by atoms with E-state index < -0.39 is 5.92 Å². The summed E-state index contributed by atoms with van der Waals surface area (Å²) in [4.78, 5) is 31.2. The summed E-state index contributed by atoms with van der Waals surface area (Å²) in [5, 5.41) is 0. The van der Waals surface area contributed by atoms with Crippen LogP contribution in [0.25, 0.3) is 0 Å². The number of aliphatic imine (C=N–C) groups is 1. The van der Waals surface area contributed by atoms with Crippen LogP contribution in [0.3, 0.4) is 0 Å². The first-order chi connectivity index (χ1) is 14.5. The van der Waals surface area contributed by atoms with Crippen molar-refractivity contribution in [3.8, 4) is 0 Å². The van der Waals surface area contributed by atoms with Gasteiger partial charge in [0.25, 0.3) is 0 Å². The Kier molecular flexibility index (Phi) is 6.18. The highest BCUT2D eigenvalue weighted by Crippen LogP contribution is 2.47. The lowest BCUT2D eigenvalue weighted by molar-refractivity contribution is -0.146. The predicted octanol–water partition coefficient (Wildman–Crippen LogP) is 5.43. The molecule has 0 radical (unpaired) electrons. The Morgan fingerprint density at radius 1 is 1.10 bits per heavy atom. The van der Waals surface area contributed by atoms with Gasteiger partial charge in [-0.3, -0.25) is 14.6 Å². The van der Waals surface area contributed by atoms with E-state index in [4.69, 9.17) is 9.73 Å². The molecule has 1 heterocycles. The van der Waals surface area contributed by atoms with E-state index in [1.165, 1.54) is 0 Å². The number of ether oxygens (including phenoxy) is 1. The van der Waals surface area contributed by atoms with Gasteiger partial charge in [-0.2, -0.15) is 0 Å². The molecular weight excluding hydrogens is 489 g/mol. The summed E-state index contributed by atoms with van der Waals surface area (Å²) in [5.41, 5.74) is 4.38. The molecular formula is C25H24INO3. The molecule has 0 spiro atoms. The van der Waals surface area contributed by atoms with Gasteiger partial charge in [-0.1, -0.05) is 48.5 Å². The van der Waals surface area contributed by atoms with E-state index in [0.717, 1.165) is 26.1 Å². The number of carbonyl (C=O) groups is 2. The first-order valence-corrected chi connectivity index (χ1v) is 11.4. The molecule has 154 valence electrons. The highest BCUT2D eigenvalue weighted by atomic mass is 127. The number of carbonyl (C=O) groups excluding carboxylic acids is 2. The Morgan fingerprint density at radius 3 is 2.50 bits per heavy atom. The molecule has 5 heteroatoms. The normalized spacial score (nSPS) is 23.6. The zero-order valence-corrected chi connectivity index (χ0v) is 19.3. The lowest BCUT2D eigenvalue weighted by Crippen LogP contribution is -2.38. The molecule has 4 nitrogen and oxygen atoms in total. The summed E-state index contributed by atoms with van der Waals surface area (Å²) in [6, 6.07) is 18.1. The second-order valence-electron chi connectivity index (χ2n) is 7.78. The molecule has 2 aliphatic rings. The first kappa shape index (κ1) is 21.0. The standard InChI is InChI=1S/C25H24INO3/c1-3-30-25(29)22-15(2)27-20-13-17(16-9-5-4-6-10-16)14-21(28)24(20)23(22)18-11-7-8-12-19(18)26/h4-12,17,22-23H,3,13-14H2,1-2H3/t17-,22?,23+/m1/s1. The second kappa shape index (κ2) is 8.84. The highest BCUT2D eigenvalue weighted by Gasteiger charge is 2.45. The fourth-order valence-electron chi connectivity index (χ4n) is 4.62. The minimum atomic E-state index is -0.572. The number of halogens is 1. The van der Waals surface area contributed by atoms with E-state index in [0.29, 0.717) is 25.0 Å². The summed E-state index contributed by atoms with van der Waals surface area (Å²) < 4.78 is 6.43. The first-order valence-electron chi connectivity index (χ1n) is 10.3. The quantitative estimate of drug-likeness (QED) is 0.405. The lowest BCUT2D eigenvalue weighted by atomic mass is 9.69. The van der Waals surface area contributed by atoms with E-state index in [9.17, 15) is 9.59 Å². The minimum absolute atomic E-state index is 0.0836. The van der Waals surface area contributed by atoms with Crippen molar-refractivity contribution < 1.29 is 14.3 Å². The van der Waals surface area contributed by atoms with Gasteiger partial charge in [-0.15, -0.1) is 0 Å². The molecule has 1 unspecified atom stereocenters. The third-order valence-electron chi connectivity index (χ3n) is 5.94. The molecule has 30 heavy (non-hydrogen) atoms. The number of nitrogens with zero attached hydrogens (tertiary/aromatic N) is 1. The van der Waals surface area contributed by atoms with Crippen molar-refractivity contribution >= 4 is 40.1 Å². The summed E-state index contributed by atoms with van der Waals surface area (Å²) >= 11 is 2.28. The number of Topliss-reactive ketones (excluding diaryl/α,β-unsaturated/α-hetero) is 1. The van der Waals surface area contributed by atoms with Crippen LogP contribution in [-0.4, -0.2) is 24.1 Å². The lowest BCUT2D eigenvalue weighted by Gasteiger charge is -2.36. The molecule has 0 fully saturated rings. The molecule has 2 aromatic carbocycles. The number of hydrogen-bond donors (Lipinski definition) is 0. The van der Waals surface area contributed by atoms with Crippen LogP contribution in [0, 0.1) is 9.49 Å². The van der Waals surface area contributed by atoms with Crippen LogP contribution in [0.2, 0.25) is 0 Å². The number of esters is 1. The van der Waals surface area contributed by atoms with E-state index >= 15 is 0 Å². The third kappa shape index (κ3) is 3.87. The molecule has 0 saturated carbocycles. The number of hydrogen-bond acceptors (Lipinski definition) is 4. The van der Waals surface area contributed by atoms with Crippen LogP contribution in [0.1, 0.15) is 49.7 Å². The van der Waals surface area contributed by atoms with E-state index in [1.807, 2.05) is 49.4 Å². The maximum Gasteiger partial charge on any atom is 0.315 e. The Balaban J connectivity index is 1.83. The third-order valence-corrected chi connectivity index (χ3v) is 6.92. The summed E-state index contributed by atoms with van der Waals surface area (Å²) in [5.74, 6) is -1.04.